The number of carboxylic acid groups (broad SMARTS) is 1. The third-order valence-corrected chi connectivity index (χ3v) is 20.1. The fourth-order valence-electron chi connectivity index (χ4n) is 11.6. The monoisotopic (exact) mass is 1690 g/mol. The van der Waals surface area contributed by atoms with Crippen LogP contribution in [-0.2, 0) is 83.1 Å². The van der Waals surface area contributed by atoms with Crippen LogP contribution in [0.2, 0.25) is 0 Å². The number of rotatable bonds is 56. The SMILES string of the molecule is CC[C@H](C)[C@H](NC(=O)CNC(=O)[C@H](CO)NC(=O)[C@@H](NC(=O)[C@@H](NC(=O)[C@H](CCCCN)NC(=O)[C@@H](NC(=O)[C@H](CS)NC(=O)[C@H](CCSC)NC(=O)[C@H](CS)NC(=O)[C@@H](N)CCCN=C(N)N)[C@@H](C)CC)[C@@H](C)O)[C@@H](C)O)C(=O)N[C@@H](Cc1cnc[nH]1)C(=O)N1CCC[C@H]1C(=O)N[C@@H](CCCCN)C(=O)N[C@@H](CC(N)=O)C(=O)O. The number of H-pyrrole nitrogens is 1. The van der Waals surface area contributed by atoms with Crippen molar-refractivity contribution in [3.05, 3.63) is 18.2 Å². The second kappa shape index (κ2) is 53.9. The minimum Gasteiger partial charge on any atom is -0.480 e. The first-order chi connectivity index (χ1) is 54.4. The van der Waals surface area contributed by atoms with Crippen LogP contribution in [0.5, 0.6) is 0 Å². The molecule has 1 saturated heterocycles. The van der Waals surface area contributed by atoms with Gasteiger partial charge in [-0.25, -0.2) is 9.78 Å². The van der Waals surface area contributed by atoms with Crippen LogP contribution in [0, 0.1) is 11.8 Å². The molecular formula is C69H121N23O20S3. The number of aliphatic carboxylic acids is 1. The van der Waals surface area contributed by atoms with Crippen LogP contribution >= 0.6 is 37.0 Å². The molecule has 0 aromatic carbocycles. The number of thiol groups is 2. The van der Waals surface area contributed by atoms with Crippen LogP contribution in [0.25, 0.3) is 0 Å². The van der Waals surface area contributed by atoms with E-state index in [0.29, 0.717) is 43.6 Å². The van der Waals surface area contributed by atoms with Crippen molar-refractivity contribution < 1.29 is 97.1 Å². The highest BCUT2D eigenvalue weighted by atomic mass is 32.2. The predicted molar refractivity (Wildman–Crippen MR) is 428 cm³/mol. The maximum atomic E-state index is 14.6. The zero-order valence-corrected chi connectivity index (χ0v) is 68.6. The molecule has 30 N–H and O–H groups in total. The number of primary amides is 1. The summed E-state index contributed by atoms with van der Waals surface area (Å²) in [6.07, 6.45) is 2.64. The first-order valence-electron chi connectivity index (χ1n) is 38.0. The van der Waals surface area contributed by atoms with Gasteiger partial charge < -0.3 is 134 Å². The Bertz CT molecular complexity index is 3400. The van der Waals surface area contributed by atoms with Crippen molar-refractivity contribution in [1.29, 1.82) is 0 Å². The molecule has 15 amide bonds. The van der Waals surface area contributed by atoms with E-state index in [1.165, 1.54) is 29.2 Å². The molecule has 0 bridgehead atoms. The van der Waals surface area contributed by atoms with Crippen molar-refractivity contribution in [3.8, 4) is 0 Å². The number of hydrogen-bond donors (Lipinski definition) is 26. The lowest BCUT2D eigenvalue weighted by Crippen LogP contribution is -2.63. The summed E-state index contributed by atoms with van der Waals surface area (Å²) in [5, 5.41) is 73.7. The Morgan fingerprint density at radius 3 is 1.52 bits per heavy atom. The number of aliphatic hydroxyl groups is 3. The van der Waals surface area contributed by atoms with E-state index in [1.54, 1.807) is 34.0 Å². The Balaban J connectivity index is 2.29. The van der Waals surface area contributed by atoms with Crippen LogP contribution in [0.15, 0.2) is 17.5 Å². The Kier molecular flexibility index (Phi) is 47.7. The number of aliphatic hydroxyl groups excluding tert-OH is 3. The second-order valence-electron chi connectivity index (χ2n) is 27.9. The minimum absolute atomic E-state index is 0.00797. The number of aromatic amines is 1. The number of unbranched alkanes of at least 4 members (excludes halogenated alkanes) is 2. The number of nitrogens with one attached hydrogen (secondary N) is 14. The third kappa shape index (κ3) is 35.8. The highest BCUT2D eigenvalue weighted by Gasteiger charge is 2.43. The van der Waals surface area contributed by atoms with Gasteiger partial charge >= 0.3 is 5.97 Å². The maximum Gasteiger partial charge on any atom is 0.326 e. The molecule has 0 radical (unpaired) electrons. The summed E-state index contributed by atoms with van der Waals surface area (Å²) >= 11 is 9.86. The van der Waals surface area contributed by atoms with E-state index in [1.807, 2.05) is 0 Å². The minimum atomic E-state index is -1.98. The van der Waals surface area contributed by atoms with Gasteiger partial charge in [-0.1, -0.05) is 40.5 Å². The number of hydrogen-bond acceptors (Lipinski definition) is 27. The van der Waals surface area contributed by atoms with Gasteiger partial charge in [-0.05, 0) is 121 Å². The van der Waals surface area contributed by atoms with Crippen molar-refractivity contribution in [2.24, 2.45) is 51.2 Å². The molecule has 0 aliphatic carbocycles. The first kappa shape index (κ1) is 102. The molecule has 1 aromatic heterocycles. The lowest BCUT2D eigenvalue weighted by Gasteiger charge is -2.31. The molecule has 115 heavy (non-hydrogen) atoms. The van der Waals surface area contributed by atoms with E-state index < -0.39 is 223 Å². The fraction of sp³-hybridized carbons (Fsp3) is 0.710. The van der Waals surface area contributed by atoms with E-state index >= 15 is 0 Å². The number of amides is 15. The lowest BCUT2D eigenvalue weighted by molar-refractivity contribution is -0.144. The van der Waals surface area contributed by atoms with Gasteiger partial charge in [0.25, 0.3) is 0 Å². The Labute approximate surface area is 682 Å². The van der Waals surface area contributed by atoms with Gasteiger partial charge in [-0.3, -0.25) is 76.9 Å². The molecule has 0 saturated carbocycles. The number of carbonyl (C=O) groups is 16. The van der Waals surface area contributed by atoms with Crippen LogP contribution in [0.3, 0.4) is 0 Å². The molecule has 1 fully saturated rings. The molecule has 0 spiro atoms. The quantitative estimate of drug-likeness (QED) is 0.0125. The van der Waals surface area contributed by atoms with Gasteiger partial charge in [-0.2, -0.15) is 37.0 Å². The summed E-state index contributed by atoms with van der Waals surface area (Å²) in [7, 11) is 0. The molecule has 18 atom stereocenters. The number of thioether (sulfide) groups is 1. The zero-order chi connectivity index (χ0) is 86.8. The lowest BCUT2D eigenvalue weighted by atomic mass is 9.97. The highest BCUT2D eigenvalue weighted by Crippen LogP contribution is 2.22. The van der Waals surface area contributed by atoms with E-state index in [0.717, 1.165) is 13.8 Å². The molecule has 1 aliphatic rings. The highest BCUT2D eigenvalue weighted by molar-refractivity contribution is 7.98. The molecule has 46 heteroatoms. The number of likely N-dealkylation sites (tertiary alicyclic amines) is 1. The Hall–Kier alpha value is -9.19. The molecule has 650 valence electrons. The van der Waals surface area contributed by atoms with Gasteiger partial charge in [0.05, 0.1) is 44.1 Å². The molecule has 43 nitrogen and oxygen atoms in total. The van der Waals surface area contributed by atoms with Crippen molar-refractivity contribution in [2.45, 2.75) is 235 Å². The number of aliphatic imine (C=N–C) groups is 1. The number of nitrogens with two attached hydrogens (primary N) is 6. The Morgan fingerprint density at radius 1 is 0.574 bits per heavy atom. The number of carbonyl (C=O) groups excluding carboxylic acids is 15. The largest absolute Gasteiger partial charge is 0.480 e. The molecule has 2 heterocycles. The molecule has 2 rings (SSSR count). The van der Waals surface area contributed by atoms with Gasteiger partial charge in [0, 0.05) is 42.9 Å². The smallest absolute Gasteiger partial charge is 0.326 e. The van der Waals surface area contributed by atoms with Gasteiger partial charge in [-0.15, -0.1) is 0 Å². The maximum absolute atomic E-state index is 14.6. The summed E-state index contributed by atoms with van der Waals surface area (Å²) < 4.78 is 0. The second-order valence-corrected chi connectivity index (χ2v) is 29.6. The van der Waals surface area contributed by atoms with E-state index in [-0.39, 0.29) is 101 Å². The van der Waals surface area contributed by atoms with Crippen molar-refractivity contribution in [3.63, 3.8) is 0 Å². The summed E-state index contributed by atoms with van der Waals surface area (Å²) in [5.74, 6) is -17.4. The first-order valence-corrected chi connectivity index (χ1v) is 40.6. The topological polar surface area (TPSA) is 711 Å². The summed E-state index contributed by atoms with van der Waals surface area (Å²) in [6, 6.07) is -20.8. The summed E-state index contributed by atoms with van der Waals surface area (Å²) in [5.41, 5.74) is 33.7. The van der Waals surface area contributed by atoms with Crippen molar-refractivity contribution in [1.82, 2.24) is 84.0 Å². The van der Waals surface area contributed by atoms with Crippen LogP contribution in [-0.4, -0.2) is 295 Å². The number of nitrogens with zero attached hydrogens (tertiary/aromatic N) is 3. The molecule has 1 aliphatic heterocycles. The van der Waals surface area contributed by atoms with Crippen molar-refractivity contribution in [2.75, 3.05) is 62.8 Å². The zero-order valence-electron chi connectivity index (χ0n) is 65.9. The van der Waals surface area contributed by atoms with Crippen molar-refractivity contribution >= 4 is 138 Å². The average molecular weight is 1690 g/mol. The molecule has 0 unspecified atom stereocenters. The standard InChI is InChI=1S/C69H121N23O20S3/c1-8-34(3)51(63(106)83-43(26-38-28-76-33-79-38)67(110)92-24-15-19-48(92)62(105)81-40(17-10-12-21-70)57(100)84-44(68(111)112)27-49(73)96)88-50(97)29-78-56(99)45(30-93)85-65(108)53(36(5)94)91-66(109)54(37(6)95)90-59(102)41(18-11-13-22-71)82-64(107)52(35(4)9-2)89-61(104)47(32-114)87-58(101)42(20-25-115-7)80-60(103)46(31-113)86-55(98)39(72)16-14-23-77-69(74)75/h28,33-37,39-48,51-54,93-95,113-114H,8-27,29-32,70-72H2,1-7H3,(H2,73,96)(H,76,79)(H,78,99)(H,80,103)(H,81,105)(H,82,107)(H,83,106)(H,84,100)(H,85,108)(H,86,98)(H,87,101)(H,88,97)(H,89,104)(H,90,102)(H,91,109)(H,111,112)(H4,74,75,77)/t34-,35-,36+,37+,39-,40-,41-,42-,43-,44-,45-,46-,47-,48-,51-,52-,53-,54-/m0/s1. The van der Waals surface area contributed by atoms with Crippen LogP contribution in [0.1, 0.15) is 137 Å². The molecule has 1 aromatic rings. The third-order valence-electron chi connectivity index (χ3n) is 18.8. The number of guanidine groups is 1. The summed E-state index contributed by atoms with van der Waals surface area (Å²) in [6.45, 7) is 7.36. The van der Waals surface area contributed by atoms with E-state index in [4.69, 9.17) is 34.4 Å². The summed E-state index contributed by atoms with van der Waals surface area (Å²) in [4.78, 5) is 230. The van der Waals surface area contributed by atoms with E-state index in [2.05, 4.69) is 109 Å². The predicted octanol–water partition coefficient (Wildman–Crippen LogP) is -9.07. The van der Waals surface area contributed by atoms with Crippen LogP contribution < -0.4 is 104 Å². The van der Waals surface area contributed by atoms with Gasteiger partial charge in [0.1, 0.15) is 78.5 Å². The Morgan fingerprint density at radius 2 is 1.03 bits per heavy atom. The van der Waals surface area contributed by atoms with Gasteiger partial charge in [0.2, 0.25) is 88.6 Å². The van der Waals surface area contributed by atoms with E-state index in [9.17, 15) is 97.1 Å². The molecular weight excluding hydrogens is 1570 g/mol. The van der Waals surface area contributed by atoms with Gasteiger partial charge in [0.15, 0.2) is 5.96 Å². The normalized spacial score (nSPS) is 17.0. The average Bonchev–Trinajstić information content (AvgIpc) is 1.72. The number of aromatic nitrogens is 2. The fourth-order valence-corrected chi connectivity index (χ4v) is 12.6. The number of carboxylic acids is 1. The van der Waals surface area contributed by atoms with Crippen LogP contribution in [0.4, 0.5) is 0 Å². The number of imidazole rings is 1.